The molecule has 13 nitrogen and oxygen atoms in total. The van der Waals surface area contributed by atoms with Crippen LogP contribution in [0.4, 0.5) is 4.79 Å². The zero-order valence-electron chi connectivity index (χ0n) is 33.5. The number of allylic oxidation sites excluding steroid dienone is 2. The van der Waals surface area contributed by atoms with E-state index in [-0.39, 0.29) is 54.6 Å². The van der Waals surface area contributed by atoms with Crippen molar-refractivity contribution in [3.05, 3.63) is 42.0 Å². The number of rotatable bonds is 7. The quantitative estimate of drug-likeness (QED) is 0.237. The van der Waals surface area contributed by atoms with Gasteiger partial charge < -0.3 is 29.7 Å². The molecule has 7 aliphatic rings. The topological polar surface area (TPSA) is 165 Å². The molecule has 5 amide bonds. The summed E-state index contributed by atoms with van der Waals surface area (Å²) in [6.45, 7) is 0.0685. The van der Waals surface area contributed by atoms with Gasteiger partial charge in [-0.1, -0.05) is 37.1 Å². The van der Waals surface area contributed by atoms with Gasteiger partial charge in [0.1, 0.15) is 35.6 Å². The van der Waals surface area contributed by atoms with Crippen molar-refractivity contribution < 1.29 is 38.2 Å². The number of carbonyl (C=O) groups excluding carboxylic acids is 5. The summed E-state index contributed by atoms with van der Waals surface area (Å²) in [4.78, 5) is 77.0. The van der Waals surface area contributed by atoms with E-state index in [1.165, 1.54) is 0 Å². The van der Waals surface area contributed by atoms with Crippen LogP contribution in [0, 0.1) is 29.6 Å². The van der Waals surface area contributed by atoms with Gasteiger partial charge in [0, 0.05) is 17.7 Å². The lowest BCUT2D eigenvalue weighted by Gasteiger charge is -2.49. The lowest BCUT2D eigenvalue weighted by molar-refractivity contribution is -0.149. The van der Waals surface area contributed by atoms with Crippen molar-refractivity contribution in [3.8, 4) is 11.6 Å². The number of methoxy groups -OCH3 is 1. The van der Waals surface area contributed by atoms with Crippen LogP contribution in [0.15, 0.2) is 36.4 Å². The number of fused-ring (bicyclic) bond motifs is 5. The molecule has 3 heterocycles. The fourth-order valence-electron chi connectivity index (χ4n) is 10.7. The Morgan fingerprint density at radius 2 is 1.67 bits per heavy atom. The van der Waals surface area contributed by atoms with Crippen LogP contribution in [0.3, 0.4) is 0 Å². The Labute approximate surface area is 339 Å². The highest BCUT2D eigenvalue weighted by Gasteiger charge is 2.60. The molecule has 13 heteroatoms. The van der Waals surface area contributed by atoms with Crippen LogP contribution in [-0.2, 0) is 30.3 Å². The minimum atomic E-state index is -1.24. The highest BCUT2D eigenvalue weighted by molar-refractivity contribution is 6.04. The third kappa shape index (κ3) is 7.65. The fraction of sp³-hybridized carbons (Fsp3) is 0.644. The molecule has 0 spiro atoms. The molecular formula is C45H57N5O8. The molecule has 1 saturated heterocycles. The smallest absolute Gasteiger partial charge is 0.408 e. The number of nitrogens with zero attached hydrogens (tertiary/aromatic N) is 2. The van der Waals surface area contributed by atoms with Gasteiger partial charge in [-0.15, -0.1) is 0 Å². The zero-order valence-corrected chi connectivity index (χ0v) is 33.5. The van der Waals surface area contributed by atoms with E-state index < -0.39 is 41.6 Å². The van der Waals surface area contributed by atoms with E-state index >= 15 is 4.79 Å². The van der Waals surface area contributed by atoms with Gasteiger partial charge in [-0.2, -0.15) is 0 Å². The van der Waals surface area contributed by atoms with Crippen molar-refractivity contribution in [1.29, 1.82) is 0 Å². The fourth-order valence-corrected chi connectivity index (χ4v) is 10.7. The van der Waals surface area contributed by atoms with Gasteiger partial charge in [0.25, 0.3) is 5.91 Å². The number of aromatic nitrogens is 1. The van der Waals surface area contributed by atoms with E-state index in [2.05, 4.69) is 28.1 Å². The van der Waals surface area contributed by atoms with E-state index in [0.29, 0.717) is 35.9 Å². The van der Waals surface area contributed by atoms with Gasteiger partial charge in [0.15, 0.2) is 0 Å². The third-order valence-electron chi connectivity index (χ3n) is 14.3. The Hall–Kier alpha value is -4.68. The normalized spacial score (nSPS) is 31.8. The molecule has 2 bridgehead atoms. The Morgan fingerprint density at radius 1 is 0.879 bits per heavy atom. The molecule has 5 aliphatic carbocycles. The van der Waals surface area contributed by atoms with Crippen molar-refractivity contribution in [2.45, 2.75) is 139 Å². The number of imide groups is 1. The van der Waals surface area contributed by atoms with E-state index in [1.54, 1.807) is 12.0 Å². The number of amides is 5. The number of alkyl carbamates (subject to hydrolysis) is 1. The summed E-state index contributed by atoms with van der Waals surface area (Å²) in [7, 11) is 1.64. The Bertz CT molecular complexity index is 1970. The molecule has 0 radical (unpaired) electrons. The average Bonchev–Trinajstić information content (AvgIpc) is 4.08. The van der Waals surface area contributed by atoms with Crippen molar-refractivity contribution in [1.82, 2.24) is 25.8 Å². The molecule has 58 heavy (non-hydrogen) atoms. The maximum Gasteiger partial charge on any atom is 0.408 e. The second-order valence-electron chi connectivity index (χ2n) is 18.0. The van der Waals surface area contributed by atoms with E-state index in [9.17, 15) is 19.2 Å². The first-order chi connectivity index (χ1) is 28.2. The van der Waals surface area contributed by atoms with Crippen LogP contribution in [0.1, 0.15) is 108 Å². The Morgan fingerprint density at radius 3 is 2.41 bits per heavy atom. The summed E-state index contributed by atoms with van der Waals surface area (Å²) in [5, 5.41) is 9.67. The van der Waals surface area contributed by atoms with E-state index in [4.69, 9.17) is 19.2 Å². The van der Waals surface area contributed by atoms with E-state index in [1.807, 2.05) is 24.3 Å². The van der Waals surface area contributed by atoms with Crippen LogP contribution in [0.25, 0.3) is 10.9 Å². The van der Waals surface area contributed by atoms with Crippen LogP contribution >= 0.6 is 0 Å². The number of carbonyl (C=O) groups is 5. The summed E-state index contributed by atoms with van der Waals surface area (Å²) in [6.07, 6.45) is 15.9. The van der Waals surface area contributed by atoms with Crippen LogP contribution in [0.2, 0.25) is 0 Å². The molecule has 6 fully saturated rings. The minimum Gasteiger partial charge on any atom is -0.496 e. The number of benzene rings is 1. The molecule has 3 N–H and O–H groups in total. The first kappa shape index (κ1) is 38.8. The molecule has 1 aromatic heterocycles. The summed E-state index contributed by atoms with van der Waals surface area (Å²) < 4.78 is 18.9. The minimum absolute atomic E-state index is 0.0685. The van der Waals surface area contributed by atoms with Gasteiger partial charge in [-0.3, -0.25) is 24.5 Å². The summed E-state index contributed by atoms with van der Waals surface area (Å²) in [5.41, 5.74) is 0.242. The third-order valence-corrected chi connectivity index (χ3v) is 14.3. The summed E-state index contributed by atoms with van der Waals surface area (Å²) in [5.74, 6) is -0.365. The number of hydrogen-bond acceptors (Lipinski definition) is 9. The highest BCUT2D eigenvalue weighted by Crippen LogP contribution is 2.53. The largest absolute Gasteiger partial charge is 0.496 e. The Kier molecular flexibility index (Phi) is 10.8. The predicted octanol–water partition coefficient (Wildman–Crippen LogP) is 5.67. The molecule has 1 aromatic carbocycles. The second-order valence-corrected chi connectivity index (χ2v) is 18.0. The number of para-hydroxylation sites is 1. The lowest BCUT2D eigenvalue weighted by atomic mass is 9.63. The van der Waals surface area contributed by atoms with Crippen molar-refractivity contribution >= 4 is 40.6 Å². The summed E-state index contributed by atoms with van der Waals surface area (Å²) >= 11 is 0. The van der Waals surface area contributed by atoms with Crippen molar-refractivity contribution in [2.24, 2.45) is 29.6 Å². The SMILES string of the molecule is COc1c2c(nc3ccccc13)OC1CC(C(=O)NC3(C(=O)NC(=O)C4CC4)CCC3C3CC3)N(C1)C(=O)C(C1CCCC1)NC(=O)OC1CCCC1CCC=CC2. The van der Waals surface area contributed by atoms with Crippen molar-refractivity contribution in [2.75, 3.05) is 13.7 Å². The molecule has 7 atom stereocenters. The van der Waals surface area contributed by atoms with Crippen LogP contribution in [0.5, 0.6) is 11.6 Å². The molecule has 5 saturated carbocycles. The lowest BCUT2D eigenvalue weighted by Crippen LogP contribution is -2.71. The molecular weight excluding hydrogens is 739 g/mol. The number of hydrogen-bond donors (Lipinski definition) is 3. The van der Waals surface area contributed by atoms with Gasteiger partial charge >= 0.3 is 6.09 Å². The van der Waals surface area contributed by atoms with E-state index in [0.717, 1.165) is 101 Å². The monoisotopic (exact) mass is 795 g/mol. The van der Waals surface area contributed by atoms with Crippen LogP contribution in [-0.4, -0.2) is 83.1 Å². The highest BCUT2D eigenvalue weighted by atomic mass is 16.6. The number of pyridine rings is 1. The average molecular weight is 796 g/mol. The van der Waals surface area contributed by atoms with Crippen LogP contribution < -0.4 is 25.4 Å². The molecule has 2 aromatic rings. The Balaban J connectivity index is 1.07. The first-order valence-corrected chi connectivity index (χ1v) is 21.9. The molecule has 7 unspecified atom stereocenters. The number of nitrogens with one attached hydrogen (secondary N) is 3. The molecule has 2 aliphatic heterocycles. The molecule has 310 valence electrons. The van der Waals surface area contributed by atoms with Gasteiger partial charge in [-0.25, -0.2) is 9.78 Å². The molecule has 9 rings (SSSR count). The zero-order chi connectivity index (χ0) is 40.0. The van der Waals surface area contributed by atoms with Gasteiger partial charge in [-0.05, 0) is 126 Å². The maximum atomic E-state index is 15.0. The first-order valence-electron chi connectivity index (χ1n) is 21.9. The van der Waals surface area contributed by atoms with Crippen molar-refractivity contribution in [3.63, 3.8) is 0 Å². The van der Waals surface area contributed by atoms with Gasteiger partial charge in [0.2, 0.25) is 23.6 Å². The standard InChI is InChI=1S/C45H57N5O8/c1-56-38-31-14-7-8-16-34(31)46-41-32(38)15-4-2-3-10-27-13-9-17-36(27)58-44(55)47-37(28-11-5-6-12-28)42(53)50-25-30(57-41)24-35(50)40(52)49-45(23-22-33(45)26-18-19-26)43(54)48-39(51)29-20-21-29/h2,4,7-8,14,16,26-30,33,35-37H,3,5-6,9-13,15,17-25H2,1H3,(H,47,55)(H,49,52)(H,48,51,54). The van der Waals surface area contributed by atoms with Gasteiger partial charge in [0.05, 0.1) is 24.7 Å². The predicted molar refractivity (Wildman–Crippen MR) is 214 cm³/mol. The number of ether oxygens (including phenoxy) is 3. The maximum absolute atomic E-state index is 15.0. The summed E-state index contributed by atoms with van der Waals surface area (Å²) in [6, 6.07) is 5.85. The second kappa shape index (κ2) is 16.2.